The van der Waals surface area contributed by atoms with Gasteiger partial charge in [0.25, 0.3) is 0 Å². The van der Waals surface area contributed by atoms with Crippen molar-refractivity contribution in [3.05, 3.63) is 11.7 Å². The molecule has 1 aliphatic rings. The molecule has 0 radical (unpaired) electrons. The van der Waals surface area contributed by atoms with Gasteiger partial charge in [0.2, 0.25) is 5.89 Å². The summed E-state index contributed by atoms with van der Waals surface area (Å²) in [4.78, 5) is 4.33. The summed E-state index contributed by atoms with van der Waals surface area (Å²) in [7, 11) is 0. The Hall–Kier alpha value is -0.940. The van der Waals surface area contributed by atoms with Gasteiger partial charge in [-0.2, -0.15) is 4.98 Å². The van der Waals surface area contributed by atoms with Crippen LogP contribution in [0.4, 0.5) is 0 Å². The SMILES string of the molecule is CCNC1(c2nc(C)no2)CCOCC1. The van der Waals surface area contributed by atoms with Gasteiger partial charge >= 0.3 is 0 Å². The molecule has 0 aliphatic carbocycles. The van der Waals surface area contributed by atoms with E-state index in [1.54, 1.807) is 0 Å². The van der Waals surface area contributed by atoms with Crippen LogP contribution in [0.1, 0.15) is 31.5 Å². The molecule has 2 heterocycles. The fourth-order valence-electron chi connectivity index (χ4n) is 2.02. The lowest BCUT2D eigenvalue weighted by Gasteiger charge is -2.34. The van der Waals surface area contributed by atoms with Gasteiger partial charge in [0, 0.05) is 13.2 Å². The molecule has 0 saturated carbocycles. The Kier molecular flexibility index (Phi) is 3.02. The van der Waals surface area contributed by atoms with Gasteiger partial charge < -0.3 is 14.6 Å². The van der Waals surface area contributed by atoms with E-state index >= 15 is 0 Å². The minimum absolute atomic E-state index is 0.172. The molecule has 0 bridgehead atoms. The third-order valence-corrected chi connectivity index (χ3v) is 2.80. The smallest absolute Gasteiger partial charge is 0.247 e. The maximum absolute atomic E-state index is 5.37. The Morgan fingerprint density at radius 3 is 2.67 bits per heavy atom. The third kappa shape index (κ3) is 2.03. The van der Waals surface area contributed by atoms with E-state index in [9.17, 15) is 0 Å². The summed E-state index contributed by atoms with van der Waals surface area (Å²) in [6.07, 6.45) is 1.78. The molecule has 0 aromatic carbocycles. The quantitative estimate of drug-likeness (QED) is 0.808. The van der Waals surface area contributed by atoms with Gasteiger partial charge in [0.15, 0.2) is 5.82 Å². The fraction of sp³-hybridized carbons (Fsp3) is 0.800. The second-order valence-electron chi connectivity index (χ2n) is 3.87. The van der Waals surface area contributed by atoms with Gasteiger partial charge in [-0.1, -0.05) is 12.1 Å². The lowest BCUT2D eigenvalue weighted by molar-refractivity contribution is 0.0235. The summed E-state index contributed by atoms with van der Waals surface area (Å²) >= 11 is 0. The Labute approximate surface area is 89.2 Å². The van der Waals surface area contributed by atoms with Crippen molar-refractivity contribution in [2.45, 2.75) is 32.2 Å². The van der Waals surface area contributed by atoms with Crippen LogP contribution in [0.5, 0.6) is 0 Å². The van der Waals surface area contributed by atoms with Crippen molar-refractivity contribution in [1.29, 1.82) is 0 Å². The highest BCUT2D eigenvalue weighted by atomic mass is 16.5. The first-order chi connectivity index (χ1) is 7.27. The van der Waals surface area contributed by atoms with Crippen molar-refractivity contribution >= 4 is 0 Å². The molecule has 1 N–H and O–H groups in total. The van der Waals surface area contributed by atoms with E-state index in [1.165, 1.54) is 0 Å². The number of nitrogens with one attached hydrogen (secondary N) is 1. The van der Waals surface area contributed by atoms with Crippen molar-refractivity contribution in [3.63, 3.8) is 0 Å². The third-order valence-electron chi connectivity index (χ3n) is 2.80. The van der Waals surface area contributed by atoms with E-state index in [-0.39, 0.29) is 5.54 Å². The second kappa shape index (κ2) is 4.28. The molecule has 0 unspecified atom stereocenters. The minimum Gasteiger partial charge on any atom is -0.381 e. The first-order valence-corrected chi connectivity index (χ1v) is 5.40. The van der Waals surface area contributed by atoms with Gasteiger partial charge in [-0.25, -0.2) is 0 Å². The van der Waals surface area contributed by atoms with E-state index in [4.69, 9.17) is 9.26 Å². The Bertz CT molecular complexity index is 313. The first-order valence-electron chi connectivity index (χ1n) is 5.40. The van der Waals surface area contributed by atoms with Crippen LogP contribution in [0.15, 0.2) is 4.52 Å². The zero-order valence-corrected chi connectivity index (χ0v) is 9.25. The lowest BCUT2D eigenvalue weighted by Crippen LogP contribution is -2.46. The Morgan fingerprint density at radius 1 is 1.40 bits per heavy atom. The normalized spacial score (nSPS) is 20.4. The van der Waals surface area contributed by atoms with Crippen molar-refractivity contribution in [1.82, 2.24) is 15.5 Å². The molecule has 5 nitrogen and oxygen atoms in total. The predicted octanol–water partition coefficient (Wildman–Crippen LogP) is 0.993. The molecular weight excluding hydrogens is 194 g/mol. The predicted molar refractivity (Wildman–Crippen MR) is 54.4 cm³/mol. The van der Waals surface area contributed by atoms with Crippen molar-refractivity contribution in [2.24, 2.45) is 0 Å². The molecule has 0 spiro atoms. The highest BCUT2D eigenvalue weighted by Gasteiger charge is 2.38. The molecule has 1 saturated heterocycles. The van der Waals surface area contributed by atoms with Gasteiger partial charge in [0.1, 0.15) is 5.54 Å². The Balaban J connectivity index is 2.24. The van der Waals surface area contributed by atoms with Crippen LogP contribution in [-0.4, -0.2) is 29.9 Å². The standard InChI is InChI=1S/C10H17N3O2/c1-3-11-10(4-6-14-7-5-10)9-12-8(2)13-15-9/h11H,3-7H2,1-2H3. The number of rotatable bonds is 3. The summed E-state index contributed by atoms with van der Waals surface area (Å²) in [6.45, 7) is 6.30. The van der Waals surface area contributed by atoms with Gasteiger partial charge in [0.05, 0.1) is 0 Å². The van der Waals surface area contributed by atoms with E-state index in [0.29, 0.717) is 11.7 Å². The largest absolute Gasteiger partial charge is 0.381 e. The molecule has 1 aromatic heterocycles. The zero-order chi connectivity index (χ0) is 10.7. The molecule has 84 valence electrons. The van der Waals surface area contributed by atoms with Crippen LogP contribution in [0, 0.1) is 6.92 Å². The summed E-state index contributed by atoms with van der Waals surface area (Å²) in [5.74, 6) is 1.39. The second-order valence-corrected chi connectivity index (χ2v) is 3.87. The minimum atomic E-state index is -0.172. The highest BCUT2D eigenvalue weighted by molar-refractivity contribution is 5.04. The molecule has 1 aliphatic heterocycles. The van der Waals surface area contributed by atoms with E-state index in [1.807, 2.05) is 6.92 Å². The van der Waals surface area contributed by atoms with E-state index < -0.39 is 0 Å². The summed E-state index contributed by atoms with van der Waals surface area (Å²) in [5, 5.41) is 7.30. The molecule has 1 fully saturated rings. The van der Waals surface area contributed by atoms with Crippen molar-refractivity contribution in [3.8, 4) is 0 Å². The van der Waals surface area contributed by atoms with Crippen molar-refractivity contribution in [2.75, 3.05) is 19.8 Å². The Morgan fingerprint density at radius 2 is 2.13 bits per heavy atom. The van der Waals surface area contributed by atoms with Crippen LogP contribution >= 0.6 is 0 Å². The fourth-order valence-corrected chi connectivity index (χ4v) is 2.02. The molecular formula is C10H17N3O2. The number of hydrogen-bond acceptors (Lipinski definition) is 5. The van der Waals surface area contributed by atoms with Crippen molar-refractivity contribution < 1.29 is 9.26 Å². The zero-order valence-electron chi connectivity index (χ0n) is 9.25. The molecule has 1 aromatic rings. The number of ether oxygens (including phenoxy) is 1. The average Bonchev–Trinajstić information content (AvgIpc) is 2.67. The van der Waals surface area contributed by atoms with E-state index in [2.05, 4.69) is 22.4 Å². The van der Waals surface area contributed by atoms with Gasteiger partial charge in [-0.15, -0.1) is 0 Å². The number of nitrogens with zero attached hydrogens (tertiary/aromatic N) is 2. The maximum atomic E-state index is 5.37. The number of aryl methyl sites for hydroxylation is 1. The number of aromatic nitrogens is 2. The number of hydrogen-bond donors (Lipinski definition) is 1. The topological polar surface area (TPSA) is 60.2 Å². The highest BCUT2D eigenvalue weighted by Crippen LogP contribution is 2.30. The van der Waals surface area contributed by atoms with Crippen LogP contribution in [0.2, 0.25) is 0 Å². The molecule has 5 heteroatoms. The van der Waals surface area contributed by atoms with Crippen LogP contribution < -0.4 is 5.32 Å². The molecule has 0 amide bonds. The summed E-state index contributed by atoms with van der Waals surface area (Å²) in [6, 6.07) is 0. The molecule has 15 heavy (non-hydrogen) atoms. The summed E-state index contributed by atoms with van der Waals surface area (Å²) in [5.41, 5.74) is -0.172. The van der Waals surface area contributed by atoms with Gasteiger partial charge in [-0.05, 0) is 26.3 Å². The molecule has 0 atom stereocenters. The average molecular weight is 211 g/mol. The monoisotopic (exact) mass is 211 g/mol. The lowest BCUT2D eigenvalue weighted by atomic mass is 9.90. The molecule has 2 rings (SSSR count). The van der Waals surface area contributed by atoms with Crippen LogP contribution in [0.25, 0.3) is 0 Å². The van der Waals surface area contributed by atoms with Crippen LogP contribution in [0.3, 0.4) is 0 Å². The first kappa shape index (κ1) is 10.6. The maximum Gasteiger partial charge on any atom is 0.247 e. The van der Waals surface area contributed by atoms with E-state index in [0.717, 1.165) is 32.6 Å². The van der Waals surface area contributed by atoms with Gasteiger partial charge in [-0.3, -0.25) is 0 Å². The summed E-state index contributed by atoms with van der Waals surface area (Å²) < 4.78 is 10.7. The van der Waals surface area contributed by atoms with Crippen LogP contribution in [-0.2, 0) is 10.3 Å².